The molecule has 0 saturated heterocycles. The molecule has 0 fully saturated rings. The van der Waals surface area contributed by atoms with Gasteiger partial charge in [0.15, 0.2) is 16.7 Å². The van der Waals surface area contributed by atoms with E-state index in [0.29, 0.717) is 24.5 Å². The number of benzene rings is 3. The van der Waals surface area contributed by atoms with Gasteiger partial charge in [0.1, 0.15) is 13.2 Å². The van der Waals surface area contributed by atoms with Gasteiger partial charge in [0, 0.05) is 11.3 Å². The molecular weight excluding hydrogens is 422 g/mol. The first kappa shape index (κ1) is 20.5. The van der Waals surface area contributed by atoms with Crippen LogP contribution >= 0.6 is 11.8 Å². The SMILES string of the molecule is C[C@@H](NC(=O)c1ccccc1CSc1nc2ccccc2[nH]1)c1ccc2c(c1)OCCO2. The summed E-state index contributed by atoms with van der Waals surface area (Å²) in [4.78, 5) is 21.0. The molecule has 1 atom stereocenters. The van der Waals surface area contributed by atoms with E-state index in [9.17, 15) is 4.79 Å². The van der Waals surface area contributed by atoms with Crippen LogP contribution in [0.3, 0.4) is 0 Å². The zero-order chi connectivity index (χ0) is 21.9. The van der Waals surface area contributed by atoms with E-state index in [1.165, 1.54) is 0 Å². The summed E-state index contributed by atoms with van der Waals surface area (Å²) in [5, 5.41) is 3.95. The molecular formula is C25H23N3O3S. The van der Waals surface area contributed by atoms with E-state index in [2.05, 4.69) is 15.3 Å². The van der Waals surface area contributed by atoms with Crippen molar-refractivity contribution in [2.75, 3.05) is 13.2 Å². The van der Waals surface area contributed by atoms with Crippen LogP contribution in [0, 0.1) is 0 Å². The lowest BCUT2D eigenvalue weighted by molar-refractivity contribution is 0.0939. The minimum absolute atomic E-state index is 0.104. The van der Waals surface area contributed by atoms with Crippen LogP contribution in [0.25, 0.3) is 11.0 Å². The highest BCUT2D eigenvalue weighted by Crippen LogP contribution is 2.33. The molecule has 162 valence electrons. The molecule has 0 bridgehead atoms. The minimum Gasteiger partial charge on any atom is -0.486 e. The second-order valence-corrected chi connectivity index (χ2v) is 8.57. The molecule has 1 aliphatic heterocycles. The lowest BCUT2D eigenvalue weighted by Crippen LogP contribution is -2.27. The second kappa shape index (κ2) is 8.96. The van der Waals surface area contributed by atoms with E-state index in [-0.39, 0.29) is 11.9 Å². The van der Waals surface area contributed by atoms with E-state index >= 15 is 0 Å². The Hall–Kier alpha value is -3.45. The Morgan fingerprint density at radius 2 is 1.84 bits per heavy atom. The molecule has 1 aromatic heterocycles. The van der Waals surface area contributed by atoms with Crippen molar-refractivity contribution >= 4 is 28.7 Å². The molecule has 2 N–H and O–H groups in total. The zero-order valence-corrected chi connectivity index (χ0v) is 18.4. The first-order chi connectivity index (χ1) is 15.7. The first-order valence-corrected chi connectivity index (χ1v) is 11.5. The maximum atomic E-state index is 13.1. The van der Waals surface area contributed by atoms with Gasteiger partial charge in [-0.3, -0.25) is 4.79 Å². The van der Waals surface area contributed by atoms with Crippen molar-refractivity contribution < 1.29 is 14.3 Å². The van der Waals surface area contributed by atoms with Gasteiger partial charge in [-0.1, -0.05) is 48.2 Å². The molecule has 1 aliphatic rings. The van der Waals surface area contributed by atoms with Crippen molar-refractivity contribution in [3.05, 3.63) is 83.4 Å². The van der Waals surface area contributed by atoms with Gasteiger partial charge >= 0.3 is 0 Å². The first-order valence-electron chi connectivity index (χ1n) is 10.5. The minimum atomic E-state index is -0.172. The van der Waals surface area contributed by atoms with Crippen LogP contribution in [-0.4, -0.2) is 29.1 Å². The van der Waals surface area contributed by atoms with Crippen LogP contribution in [0.15, 0.2) is 71.9 Å². The predicted octanol–water partition coefficient (Wildman–Crippen LogP) is 5.12. The lowest BCUT2D eigenvalue weighted by atomic mass is 10.0. The Morgan fingerprint density at radius 3 is 2.72 bits per heavy atom. The molecule has 2 heterocycles. The summed E-state index contributed by atoms with van der Waals surface area (Å²) in [5.74, 6) is 2.00. The third-order valence-electron chi connectivity index (χ3n) is 5.41. The van der Waals surface area contributed by atoms with Gasteiger partial charge in [0.05, 0.1) is 17.1 Å². The van der Waals surface area contributed by atoms with Crippen LogP contribution in [0.2, 0.25) is 0 Å². The number of nitrogens with one attached hydrogen (secondary N) is 2. The van der Waals surface area contributed by atoms with Crippen LogP contribution in [0.1, 0.15) is 34.5 Å². The molecule has 4 aromatic rings. The van der Waals surface area contributed by atoms with Crippen LogP contribution in [0.4, 0.5) is 0 Å². The zero-order valence-electron chi connectivity index (χ0n) is 17.6. The van der Waals surface area contributed by atoms with E-state index in [0.717, 1.165) is 38.8 Å². The molecule has 0 saturated carbocycles. The number of carbonyl (C=O) groups is 1. The average Bonchev–Trinajstić information content (AvgIpc) is 3.25. The number of hydrogen-bond acceptors (Lipinski definition) is 5. The number of para-hydroxylation sites is 2. The summed E-state index contributed by atoms with van der Waals surface area (Å²) in [6, 6.07) is 21.2. The van der Waals surface area contributed by atoms with Gasteiger partial charge in [0.2, 0.25) is 0 Å². The van der Waals surface area contributed by atoms with Crippen molar-refractivity contribution in [3.8, 4) is 11.5 Å². The largest absolute Gasteiger partial charge is 0.486 e. The third kappa shape index (κ3) is 4.29. The van der Waals surface area contributed by atoms with Gasteiger partial charge in [-0.2, -0.15) is 0 Å². The lowest BCUT2D eigenvalue weighted by Gasteiger charge is -2.21. The van der Waals surface area contributed by atoms with Crippen molar-refractivity contribution in [3.63, 3.8) is 0 Å². The predicted molar refractivity (Wildman–Crippen MR) is 125 cm³/mol. The van der Waals surface area contributed by atoms with Crippen LogP contribution in [0.5, 0.6) is 11.5 Å². The van der Waals surface area contributed by atoms with E-state index < -0.39 is 0 Å². The molecule has 0 radical (unpaired) electrons. The van der Waals surface area contributed by atoms with Crippen LogP contribution in [-0.2, 0) is 5.75 Å². The number of H-pyrrole nitrogens is 1. The topological polar surface area (TPSA) is 76.2 Å². The average molecular weight is 446 g/mol. The Bertz CT molecular complexity index is 1240. The van der Waals surface area contributed by atoms with Crippen molar-refractivity contribution in [1.82, 2.24) is 15.3 Å². The quantitative estimate of drug-likeness (QED) is 0.403. The molecule has 0 aliphatic carbocycles. The van der Waals surface area contributed by atoms with E-state index in [1.807, 2.05) is 73.7 Å². The maximum Gasteiger partial charge on any atom is 0.252 e. The normalized spacial score (nSPS) is 13.7. The Kier molecular flexibility index (Phi) is 5.73. The highest BCUT2D eigenvalue weighted by molar-refractivity contribution is 7.98. The van der Waals surface area contributed by atoms with Gasteiger partial charge in [-0.05, 0) is 48.4 Å². The molecule has 32 heavy (non-hydrogen) atoms. The highest BCUT2D eigenvalue weighted by Gasteiger charge is 2.18. The van der Waals surface area contributed by atoms with E-state index in [1.54, 1.807) is 11.8 Å². The van der Waals surface area contributed by atoms with E-state index in [4.69, 9.17) is 9.47 Å². The monoisotopic (exact) mass is 445 g/mol. The number of nitrogens with zero attached hydrogens (tertiary/aromatic N) is 1. The molecule has 5 rings (SSSR count). The van der Waals surface area contributed by atoms with Gasteiger partial charge in [0.25, 0.3) is 5.91 Å². The van der Waals surface area contributed by atoms with Crippen LogP contribution < -0.4 is 14.8 Å². The number of ether oxygens (including phenoxy) is 2. The number of imidazole rings is 1. The maximum absolute atomic E-state index is 13.1. The second-order valence-electron chi connectivity index (χ2n) is 7.60. The molecule has 3 aromatic carbocycles. The number of aromatic amines is 1. The summed E-state index contributed by atoms with van der Waals surface area (Å²) in [6.07, 6.45) is 0. The van der Waals surface area contributed by atoms with Crippen molar-refractivity contribution in [2.45, 2.75) is 23.9 Å². The van der Waals surface area contributed by atoms with Crippen molar-refractivity contribution in [1.29, 1.82) is 0 Å². The molecule has 0 unspecified atom stereocenters. The van der Waals surface area contributed by atoms with Gasteiger partial charge in [-0.25, -0.2) is 4.98 Å². The summed E-state index contributed by atoms with van der Waals surface area (Å²) in [7, 11) is 0. The smallest absolute Gasteiger partial charge is 0.252 e. The number of fused-ring (bicyclic) bond motifs is 2. The molecule has 6 nitrogen and oxygen atoms in total. The fourth-order valence-corrected chi connectivity index (χ4v) is 4.59. The Morgan fingerprint density at radius 1 is 1.06 bits per heavy atom. The number of thioether (sulfide) groups is 1. The molecule has 7 heteroatoms. The summed E-state index contributed by atoms with van der Waals surface area (Å²) in [6.45, 7) is 3.06. The number of carbonyl (C=O) groups excluding carboxylic acids is 1. The Balaban J connectivity index is 1.28. The summed E-state index contributed by atoms with van der Waals surface area (Å²) >= 11 is 1.58. The fraction of sp³-hybridized carbons (Fsp3) is 0.200. The number of hydrogen-bond donors (Lipinski definition) is 2. The van der Waals surface area contributed by atoms with Gasteiger partial charge in [-0.15, -0.1) is 0 Å². The number of rotatable bonds is 6. The van der Waals surface area contributed by atoms with Gasteiger partial charge < -0.3 is 19.8 Å². The summed E-state index contributed by atoms with van der Waals surface area (Å²) in [5.41, 5.74) is 4.55. The standard InChI is InChI=1S/C25H23N3O3S/c1-16(17-10-11-22-23(14-17)31-13-12-30-22)26-24(29)19-7-3-2-6-18(19)15-32-25-27-20-8-4-5-9-21(20)28-25/h2-11,14,16H,12-13,15H2,1H3,(H,26,29)(H,27,28)/t16-/m1/s1. The van der Waals surface area contributed by atoms with Crippen molar-refractivity contribution in [2.24, 2.45) is 0 Å². The Labute approximate surface area is 190 Å². The third-order valence-corrected chi connectivity index (χ3v) is 6.33. The molecule has 0 spiro atoms. The fourth-order valence-electron chi connectivity index (χ4n) is 3.70. The molecule has 1 amide bonds. The summed E-state index contributed by atoms with van der Waals surface area (Å²) < 4.78 is 11.3. The highest BCUT2D eigenvalue weighted by atomic mass is 32.2. The number of amides is 1. The number of aromatic nitrogens is 2.